The van der Waals surface area contributed by atoms with Gasteiger partial charge in [0.15, 0.2) is 0 Å². The van der Waals surface area contributed by atoms with Crippen LogP contribution in [0.2, 0.25) is 16.6 Å². The van der Waals surface area contributed by atoms with E-state index in [2.05, 4.69) is 48.5 Å². The molecule has 0 unspecified atom stereocenters. The maximum atomic E-state index is 12.3. The van der Waals surface area contributed by atoms with E-state index in [0.29, 0.717) is 23.0 Å². The molecular weight excluding hydrogens is 276 g/mol. The van der Waals surface area contributed by atoms with Gasteiger partial charge < -0.3 is 4.43 Å². The Morgan fingerprint density at radius 1 is 0.810 bits per heavy atom. The fourth-order valence-corrected chi connectivity index (χ4v) is 8.85. The van der Waals surface area contributed by atoms with E-state index >= 15 is 0 Å². The van der Waals surface area contributed by atoms with Crippen LogP contribution in [-0.4, -0.2) is 14.3 Å². The van der Waals surface area contributed by atoms with Gasteiger partial charge in [0.05, 0.1) is 0 Å². The number of carbonyl (C=O) groups excluding carboxylic acids is 1. The summed E-state index contributed by atoms with van der Waals surface area (Å²) in [5, 5.41) is 0. The molecule has 0 aliphatic carbocycles. The van der Waals surface area contributed by atoms with E-state index in [1.54, 1.807) is 0 Å². The summed E-state index contributed by atoms with van der Waals surface area (Å²) in [6.45, 7) is 15.6. The van der Waals surface area contributed by atoms with Gasteiger partial charge in [0.25, 0.3) is 14.3 Å². The predicted octanol–water partition coefficient (Wildman–Crippen LogP) is 6.46. The molecule has 0 saturated carbocycles. The Morgan fingerprint density at radius 2 is 1.24 bits per heavy atom. The van der Waals surface area contributed by atoms with E-state index in [9.17, 15) is 4.79 Å². The van der Waals surface area contributed by atoms with Crippen molar-refractivity contribution in [3.8, 4) is 0 Å². The van der Waals surface area contributed by atoms with Crippen LogP contribution in [0.4, 0.5) is 0 Å². The van der Waals surface area contributed by atoms with Crippen LogP contribution in [0.15, 0.2) is 0 Å². The lowest BCUT2D eigenvalue weighted by Gasteiger charge is -2.41. The molecule has 0 radical (unpaired) electrons. The summed E-state index contributed by atoms with van der Waals surface area (Å²) in [5.74, 6) is 0.0493. The van der Waals surface area contributed by atoms with Crippen LogP contribution in [0.25, 0.3) is 0 Å². The number of rotatable bonds is 11. The largest absolute Gasteiger partial charge is 0.518 e. The summed E-state index contributed by atoms with van der Waals surface area (Å²) < 4.78 is 6.15. The zero-order valence-electron chi connectivity index (χ0n) is 15.5. The molecule has 2 nitrogen and oxygen atoms in total. The van der Waals surface area contributed by atoms with Crippen LogP contribution in [0.5, 0.6) is 0 Å². The molecule has 126 valence electrons. The third-order valence-corrected chi connectivity index (χ3v) is 10.7. The van der Waals surface area contributed by atoms with E-state index in [-0.39, 0.29) is 5.97 Å². The number of hydrogen-bond donors (Lipinski definition) is 0. The Hall–Kier alpha value is -0.313. The highest BCUT2D eigenvalue weighted by molar-refractivity contribution is 6.78. The average molecular weight is 315 g/mol. The summed E-state index contributed by atoms with van der Waals surface area (Å²) >= 11 is 0. The molecule has 0 rings (SSSR count). The molecule has 0 aromatic rings. The topological polar surface area (TPSA) is 26.3 Å². The average Bonchev–Trinajstić information content (AvgIpc) is 2.38. The molecule has 0 atom stereocenters. The molecule has 0 spiro atoms. The monoisotopic (exact) mass is 314 g/mol. The molecule has 0 fully saturated rings. The first-order chi connectivity index (χ1) is 9.78. The molecule has 0 amide bonds. The standard InChI is InChI=1S/C18H38O2Si/c1-8-9-10-11-12-13-14-18(19)20-21(15(2)3,16(4)5)17(6)7/h15-17H,8-14H2,1-7H3. The Morgan fingerprint density at radius 3 is 1.67 bits per heavy atom. The summed E-state index contributed by atoms with van der Waals surface area (Å²) in [6.07, 6.45) is 7.89. The van der Waals surface area contributed by atoms with Crippen LogP contribution >= 0.6 is 0 Å². The van der Waals surface area contributed by atoms with Gasteiger partial charge >= 0.3 is 0 Å². The summed E-state index contributed by atoms with van der Waals surface area (Å²) in [4.78, 5) is 12.3. The maximum Gasteiger partial charge on any atom is 0.292 e. The first-order valence-electron chi connectivity index (χ1n) is 9.00. The van der Waals surface area contributed by atoms with Gasteiger partial charge in [0.2, 0.25) is 0 Å². The molecule has 0 saturated heterocycles. The van der Waals surface area contributed by atoms with Crippen molar-refractivity contribution in [3.05, 3.63) is 0 Å². The lowest BCUT2D eigenvalue weighted by Crippen LogP contribution is -2.49. The van der Waals surface area contributed by atoms with Crippen LogP contribution < -0.4 is 0 Å². The van der Waals surface area contributed by atoms with Crippen molar-refractivity contribution in [1.82, 2.24) is 0 Å². The van der Waals surface area contributed by atoms with Gasteiger partial charge in [-0.3, -0.25) is 4.79 Å². The van der Waals surface area contributed by atoms with Gasteiger partial charge in [-0.2, -0.15) is 0 Å². The third-order valence-electron chi connectivity index (χ3n) is 4.73. The Balaban J connectivity index is 4.36. The second-order valence-electron chi connectivity index (χ2n) is 7.31. The fourth-order valence-electron chi connectivity index (χ4n) is 3.65. The zero-order valence-corrected chi connectivity index (χ0v) is 16.5. The minimum atomic E-state index is -2.02. The molecular formula is C18H38O2Si. The fraction of sp³-hybridized carbons (Fsp3) is 0.944. The highest BCUT2D eigenvalue weighted by Crippen LogP contribution is 2.42. The van der Waals surface area contributed by atoms with Crippen molar-refractivity contribution in [1.29, 1.82) is 0 Å². The van der Waals surface area contributed by atoms with Crippen molar-refractivity contribution >= 4 is 14.3 Å². The molecule has 0 heterocycles. The molecule has 0 bridgehead atoms. The van der Waals surface area contributed by atoms with E-state index in [1.165, 1.54) is 25.7 Å². The van der Waals surface area contributed by atoms with Crippen molar-refractivity contribution in [3.63, 3.8) is 0 Å². The zero-order chi connectivity index (χ0) is 16.5. The SMILES string of the molecule is CCCCCCCCC(=O)O[Si](C(C)C)(C(C)C)C(C)C. The van der Waals surface area contributed by atoms with Crippen LogP contribution in [0.1, 0.15) is 93.4 Å². The smallest absolute Gasteiger partial charge is 0.292 e. The minimum absolute atomic E-state index is 0.0493. The van der Waals surface area contributed by atoms with Crippen LogP contribution in [0.3, 0.4) is 0 Å². The first kappa shape index (κ1) is 20.7. The third kappa shape index (κ3) is 6.54. The van der Waals surface area contributed by atoms with Gasteiger partial charge in [-0.05, 0) is 23.0 Å². The molecule has 0 aromatic heterocycles. The number of hydrogen-bond acceptors (Lipinski definition) is 2. The Labute approximate surface area is 134 Å². The second-order valence-corrected chi connectivity index (χ2v) is 12.7. The van der Waals surface area contributed by atoms with Gasteiger partial charge in [-0.1, -0.05) is 80.6 Å². The normalized spacial score (nSPS) is 12.5. The Kier molecular flexibility index (Phi) is 10.3. The molecule has 0 N–H and O–H groups in total. The summed E-state index contributed by atoms with van der Waals surface area (Å²) in [5.41, 5.74) is 1.43. The van der Waals surface area contributed by atoms with Crippen molar-refractivity contribution in [2.75, 3.05) is 0 Å². The molecule has 21 heavy (non-hydrogen) atoms. The number of carbonyl (C=O) groups is 1. The summed E-state index contributed by atoms with van der Waals surface area (Å²) in [7, 11) is -2.02. The van der Waals surface area contributed by atoms with E-state index in [4.69, 9.17) is 4.43 Å². The van der Waals surface area contributed by atoms with E-state index < -0.39 is 8.32 Å². The minimum Gasteiger partial charge on any atom is -0.518 e. The highest BCUT2D eigenvalue weighted by Gasteiger charge is 2.47. The lowest BCUT2D eigenvalue weighted by molar-refractivity contribution is -0.135. The highest BCUT2D eigenvalue weighted by atomic mass is 28.4. The van der Waals surface area contributed by atoms with Crippen molar-refractivity contribution in [2.45, 2.75) is 110 Å². The molecule has 0 aliphatic heterocycles. The second kappa shape index (κ2) is 10.4. The van der Waals surface area contributed by atoms with E-state index in [1.807, 2.05) is 0 Å². The van der Waals surface area contributed by atoms with E-state index in [0.717, 1.165) is 12.8 Å². The van der Waals surface area contributed by atoms with Gasteiger partial charge in [-0.25, -0.2) is 0 Å². The Bertz CT molecular complexity index is 263. The van der Waals surface area contributed by atoms with Crippen molar-refractivity contribution < 1.29 is 9.22 Å². The van der Waals surface area contributed by atoms with Gasteiger partial charge in [-0.15, -0.1) is 0 Å². The van der Waals surface area contributed by atoms with Crippen molar-refractivity contribution in [2.24, 2.45) is 0 Å². The lowest BCUT2D eigenvalue weighted by atomic mass is 10.1. The first-order valence-corrected chi connectivity index (χ1v) is 11.1. The molecule has 0 aromatic carbocycles. The quantitative estimate of drug-likeness (QED) is 0.323. The van der Waals surface area contributed by atoms with Crippen LogP contribution in [-0.2, 0) is 9.22 Å². The molecule has 3 heteroatoms. The van der Waals surface area contributed by atoms with Crippen LogP contribution in [0, 0.1) is 0 Å². The van der Waals surface area contributed by atoms with Gasteiger partial charge in [0.1, 0.15) is 0 Å². The predicted molar refractivity (Wildman–Crippen MR) is 95.1 cm³/mol. The number of unbranched alkanes of at least 4 members (excludes halogenated alkanes) is 5. The van der Waals surface area contributed by atoms with Gasteiger partial charge in [0, 0.05) is 6.42 Å². The summed E-state index contributed by atoms with van der Waals surface area (Å²) in [6, 6.07) is 0. The maximum absolute atomic E-state index is 12.3. The molecule has 0 aliphatic rings.